The number of nitrogens with zero attached hydrogens (tertiary/aromatic N) is 5. The summed E-state index contributed by atoms with van der Waals surface area (Å²) in [5.41, 5.74) is 2.16. The highest BCUT2D eigenvalue weighted by atomic mass is 16.2. The van der Waals surface area contributed by atoms with E-state index in [1.165, 1.54) is 5.57 Å². The van der Waals surface area contributed by atoms with E-state index in [9.17, 15) is 4.79 Å². The lowest BCUT2D eigenvalue weighted by Crippen LogP contribution is -2.53. The lowest BCUT2D eigenvalue weighted by Gasteiger charge is -2.35. The zero-order chi connectivity index (χ0) is 24.6. The Morgan fingerprint density at radius 3 is 2.66 bits per heavy atom. The molecule has 8 heteroatoms. The number of piperazine rings is 1. The van der Waals surface area contributed by atoms with Gasteiger partial charge >= 0.3 is 6.03 Å². The normalized spacial score (nSPS) is 17.5. The molecule has 1 aliphatic carbocycles. The summed E-state index contributed by atoms with van der Waals surface area (Å²) in [5, 5.41) is 7.73. The minimum Gasteiger partial charge on any atom is -0.369 e. The number of benzene rings is 1. The van der Waals surface area contributed by atoms with Gasteiger partial charge < -0.3 is 20.4 Å². The van der Waals surface area contributed by atoms with Crippen LogP contribution in [0.3, 0.4) is 0 Å². The van der Waals surface area contributed by atoms with E-state index >= 15 is 0 Å². The predicted octanol–water partition coefficient (Wildman–Crippen LogP) is 3.49. The fraction of sp³-hybridized carbons (Fsp3) is 0.519. The lowest BCUT2D eigenvalue weighted by atomic mass is 10.0. The van der Waals surface area contributed by atoms with E-state index in [-0.39, 0.29) is 12.1 Å². The maximum absolute atomic E-state index is 12.8. The van der Waals surface area contributed by atoms with Gasteiger partial charge in [0.05, 0.1) is 18.1 Å². The lowest BCUT2D eigenvalue weighted by molar-refractivity contribution is 0.132. The van der Waals surface area contributed by atoms with Gasteiger partial charge in [-0.25, -0.2) is 14.8 Å². The summed E-state index contributed by atoms with van der Waals surface area (Å²) in [6, 6.07) is 8.22. The van der Waals surface area contributed by atoms with E-state index in [2.05, 4.69) is 65.7 Å². The summed E-state index contributed by atoms with van der Waals surface area (Å²) in [6.07, 6.45) is 9.71. The quantitative estimate of drug-likeness (QED) is 0.539. The van der Waals surface area contributed by atoms with Crippen LogP contribution in [0, 0.1) is 0 Å². The number of amides is 2. The number of allylic oxidation sites excluding steroid dienone is 2. The first-order valence-electron chi connectivity index (χ1n) is 12.8. The van der Waals surface area contributed by atoms with Gasteiger partial charge in [-0.2, -0.15) is 0 Å². The molecule has 2 N–H and O–H groups in total. The van der Waals surface area contributed by atoms with Crippen molar-refractivity contribution in [2.24, 2.45) is 0 Å². The second-order valence-electron chi connectivity index (χ2n) is 9.71. The Morgan fingerprint density at radius 2 is 1.91 bits per heavy atom. The van der Waals surface area contributed by atoms with Crippen molar-refractivity contribution in [2.45, 2.75) is 38.8 Å². The molecular weight excluding hydrogens is 438 g/mol. The number of hydrogen-bond acceptors (Lipinski definition) is 6. The van der Waals surface area contributed by atoms with Crippen LogP contribution in [-0.2, 0) is 6.54 Å². The van der Waals surface area contributed by atoms with Gasteiger partial charge in [-0.1, -0.05) is 30.4 Å². The van der Waals surface area contributed by atoms with E-state index in [0.717, 1.165) is 68.0 Å². The van der Waals surface area contributed by atoms with Gasteiger partial charge in [0.2, 0.25) is 0 Å². The van der Waals surface area contributed by atoms with Crippen molar-refractivity contribution in [3.63, 3.8) is 0 Å². The van der Waals surface area contributed by atoms with Gasteiger partial charge in [-0.15, -0.1) is 0 Å². The summed E-state index contributed by atoms with van der Waals surface area (Å²) in [5.74, 6) is 1.73. The van der Waals surface area contributed by atoms with Crippen molar-refractivity contribution in [3.8, 4) is 0 Å². The van der Waals surface area contributed by atoms with Crippen LogP contribution in [0.1, 0.15) is 32.0 Å². The Bertz CT molecular complexity index is 1060. The fourth-order valence-electron chi connectivity index (χ4n) is 4.56. The highest BCUT2D eigenvalue weighted by Gasteiger charge is 2.23. The molecule has 1 aromatic carbocycles. The molecule has 2 heterocycles. The van der Waals surface area contributed by atoms with Crippen LogP contribution in [0.25, 0.3) is 10.9 Å². The Hall–Kier alpha value is -2.97. The zero-order valence-electron chi connectivity index (χ0n) is 21.3. The van der Waals surface area contributed by atoms with E-state index in [1.54, 1.807) is 0 Å². The highest BCUT2D eigenvalue weighted by molar-refractivity contribution is 5.88. The number of carbonyl (C=O) groups excluding carboxylic acids is 1. The van der Waals surface area contributed by atoms with Gasteiger partial charge in [0.25, 0.3) is 0 Å². The monoisotopic (exact) mass is 477 g/mol. The van der Waals surface area contributed by atoms with Gasteiger partial charge in [0.1, 0.15) is 11.6 Å². The number of nitrogens with one attached hydrogen (secondary N) is 2. The van der Waals surface area contributed by atoms with Crippen LogP contribution in [0.4, 0.5) is 10.6 Å². The summed E-state index contributed by atoms with van der Waals surface area (Å²) < 4.78 is 0. The van der Waals surface area contributed by atoms with E-state index in [0.29, 0.717) is 19.6 Å². The maximum atomic E-state index is 12.8. The molecule has 1 aromatic heterocycles. The van der Waals surface area contributed by atoms with Gasteiger partial charge in [-0.3, -0.25) is 4.90 Å². The summed E-state index contributed by atoms with van der Waals surface area (Å²) >= 11 is 0. The highest BCUT2D eigenvalue weighted by Crippen LogP contribution is 2.21. The topological polar surface area (TPSA) is 76.6 Å². The molecule has 8 nitrogen and oxygen atoms in total. The molecule has 0 radical (unpaired) electrons. The Morgan fingerprint density at radius 1 is 1.11 bits per heavy atom. The molecule has 4 rings (SSSR count). The average Bonchev–Trinajstić information content (AvgIpc) is 2.87. The number of aromatic nitrogens is 2. The van der Waals surface area contributed by atoms with Crippen LogP contribution in [0.2, 0.25) is 0 Å². The van der Waals surface area contributed by atoms with Crippen LogP contribution in [0.15, 0.2) is 48.1 Å². The minimum absolute atomic E-state index is 0.0168. The first-order valence-corrected chi connectivity index (χ1v) is 12.8. The third-order valence-corrected chi connectivity index (χ3v) is 6.61. The average molecular weight is 478 g/mol. The maximum Gasteiger partial charge on any atom is 0.317 e. The molecule has 0 saturated carbocycles. The molecule has 2 aliphatic rings. The first-order chi connectivity index (χ1) is 17.0. The predicted molar refractivity (Wildman–Crippen MR) is 142 cm³/mol. The van der Waals surface area contributed by atoms with Gasteiger partial charge in [0, 0.05) is 38.1 Å². The molecule has 1 saturated heterocycles. The van der Waals surface area contributed by atoms with Crippen molar-refractivity contribution >= 4 is 22.8 Å². The molecule has 1 aliphatic heterocycles. The first kappa shape index (κ1) is 25.1. The molecule has 35 heavy (non-hydrogen) atoms. The summed E-state index contributed by atoms with van der Waals surface area (Å²) in [6.45, 7) is 7.68. The Labute approximate surface area is 209 Å². The third kappa shape index (κ3) is 7.02. The number of carbonyl (C=O) groups is 1. The smallest absolute Gasteiger partial charge is 0.317 e. The molecule has 0 bridgehead atoms. The fourth-order valence-corrected chi connectivity index (χ4v) is 4.56. The SMILES string of the molecule is C[C@@H](NC(=O)N1CCN(Cc2nc(NCCCN(C)C)c3ccccc3n2)CC1)C1=CCCC=C1. The summed E-state index contributed by atoms with van der Waals surface area (Å²) in [4.78, 5) is 28.9. The molecule has 188 valence electrons. The third-order valence-electron chi connectivity index (χ3n) is 6.61. The number of para-hydroxylation sites is 1. The minimum atomic E-state index is 0.0168. The number of urea groups is 1. The number of rotatable bonds is 9. The second kappa shape index (κ2) is 12.1. The number of fused-ring (bicyclic) bond motifs is 1. The standard InChI is InChI=1S/C27H39N7O/c1-21(22-10-5-4-6-11-22)29-27(35)34-18-16-33(17-19-34)20-25-30-24-13-8-7-12-23(24)26(31-25)28-14-9-15-32(2)3/h5,7-8,10-13,21H,4,6,9,14-20H2,1-3H3,(H,29,35)(H,28,30,31)/t21-/m1/s1. The molecule has 2 amide bonds. The van der Waals surface area contributed by atoms with E-state index < -0.39 is 0 Å². The van der Waals surface area contributed by atoms with Crippen LogP contribution >= 0.6 is 0 Å². The molecule has 0 spiro atoms. The van der Waals surface area contributed by atoms with Crippen molar-refractivity contribution in [3.05, 3.63) is 53.9 Å². The van der Waals surface area contributed by atoms with Crippen molar-refractivity contribution in [1.29, 1.82) is 0 Å². The van der Waals surface area contributed by atoms with Crippen molar-refractivity contribution in [2.75, 3.05) is 58.7 Å². The van der Waals surface area contributed by atoms with E-state index in [4.69, 9.17) is 9.97 Å². The molecule has 1 atom stereocenters. The van der Waals surface area contributed by atoms with Gasteiger partial charge in [-0.05, 0) is 64.5 Å². The Kier molecular flexibility index (Phi) is 8.71. The van der Waals surface area contributed by atoms with Crippen molar-refractivity contribution < 1.29 is 4.79 Å². The zero-order valence-corrected chi connectivity index (χ0v) is 21.3. The molecular formula is C27H39N7O. The number of anilines is 1. The molecule has 0 unspecified atom stereocenters. The van der Waals surface area contributed by atoms with Gasteiger partial charge in [0.15, 0.2) is 0 Å². The number of hydrogen-bond donors (Lipinski definition) is 2. The largest absolute Gasteiger partial charge is 0.369 e. The summed E-state index contributed by atoms with van der Waals surface area (Å²) in [7, 11) is 4.18. The van der Waals surface area contributed by atoms with Crippen LogP contribution in [0.5, 0.6) is 0 Å². The van der Waals surface area contributed by atoms with E-state index in [1.807, 2.05) is 23.1 Å². The second-order valence-corrected chi connectivity index (χ2v) is 9.71. The molecule has 2 aromatic rings. The van der Waals surface area contributed by atoms with Crippen LogP contribution < -0.4 is 10.6 Å². The van der Waals surface area contributed by atoms with Crippen LogP contribution in [-0.4, -0.2) is 90.1 Å². The Balaban J connectivity index is 1.32. The van der Waals surface area contributed by atoms with Crippen molar-refractivity contribution in [1.82, 2.24) is 30.0 Å². The molecule has 1 fully saturated rings.